The van der Waals surface area contributed by atoms with E-state index in [1.807, 2.05) is 18.2 Å². The van der Waals surface area contributed by atoms with Crippen molar-refractivity contribution in [2.45, 2.75) is 46.6 Å². The third-order valence-corrected chi connectivity index (χ3v) is 6.47. The molecule has 206 valence electrons. The van der Waals surface area contributed by atoms with Crippen molar-refractivity contribution in [3.63, 3.8) is 0 Å². The van der Waals surface area contributed by atoms with Crippen LogP contribution in [0.15, 0.2) is 78.9 Å². The Morgan fingerprint density at radius 3 is 2.02 bits per heavy atom. The molecule has 1 atom stereocenters. The summed E-state index contributed by atoms with van der Waals surface area (Å²) in [6.07, 6.45) is 0.883. The summed E-state index contributed by atoms with van der Waals surface area (Å²) in [7, 11) is 0. The highest BCUT2D eigenvalue weighted by Gasteiger charge is 2.25. The molecule has 1 aliphatic rings. The highest BCUT2D eigenvalue weighted by molar-refractivity contribution is 5.89. The molecule has 3 aromatic carbocycles. The second-order valence-corrected chi connectivity index (χ2v) is 10.3. The predicted octanol–water partition coefficient (Wildman–Crippen LogP) is 6.79. The van der Waals surface area contributed by atoms with E-state index >= 15 is 4.39 Å². The first kappa shape index (κ1) is 28.5. The van der Waals surface area contributed by atoms with E-state index in [-0.39, 0.29) is 29.1 Å². The van der Waals surface area contributed by atoms with Crippen molar-refractivity contribution in [2.75, 3.05) is 0 Å². The number of carbonyl (C=O) groups excluding carboxylic acids is 3. The van der Waals surface area contributed by atoms with Gasteiger partial charge in [-0.1, -0.05) is 57.3 Å². The van der Waals surface area contributed by atoms with Gasteiger partial charge in [0, 0.05) is 35.6 Å². The fraction of sp³-hybridized carbons (Fsp3) is 0.242. The van der Waals surface area contributed by atoms with Crippen LogP contribution < -0.4 is 9.47 Å². The van der Waals surface area contributed by atoms with Crippen LogP contribution in [-0.2, 0) is 32.0 Å². The molecule has 0 aromatic heterocycles. The van der Waals surface area contributed by atoms with Gasteiger partial charge in [-0.25, -0.2) is 14.0 Å². The number of fused-ring (bicyclic) bond motifs is 1. The van der Waals surface area contributed by atoms with E-state index in [9.17, 15) is 14.4 Å². The Morgan fingerprint density at radius 1 is 0.775 bits per heavy atom. The summed E-state index contributed by atoms with van der Waals surface area (Å²) in [6.45, 7) is 13.8. The van der Waals surface area contributed by atoms with E-state index in [2.05, 4.69) is 13.2 Å². The number of ether oxygens (including phenoxy) is 3. The van der Waals surface area contributed by atoms with Crippen LogP contribution in [0.1, 0.15) is 38.8 Å². The maximum Gasteiger partial charge on any atom is 0.338 e. The number of hydrogen-bond acceptors (Lipinski definition) is 6. The first-order valence-corrected chi connectivity index (χ1v) is 12.9. The lowest BCUT2D eigenvalue weighted by atomic mass is 9.97. The van der Waals surface area contributed by atoms with E-state index < -0.39 is 23.7 Å². The molecule has 0 radical (unpaired) electrons. The van der Waals surface area contributed by atoms with Crippen molar-refractivity contribution >= 4 is 17.9 Å². The molecule has 0 bridgehead atoms. The number of rotatable bonds is 8. The average Bonchev–Trinajstić information content (AvgIpc) is 3.29. The first-order chi connectivity index (χ1) is 18.9. The molecule has 6 nitrogen and oxygen atoms in total. The van der Waals surface area contributed by atoms with Gasteiger partial charge in [-0.3, -0.25) is 4.79 Å². The summed E-state index contributed by atoms with van der Waals surface area (Å²) in [5, 5.41) is 0. The highest BCUT2D eigenvalue weighted by Crippen LogP contribution is 2.35. The molecular formula is C33H31FO6. The van der Waals surface area contributed by atoms with Crippen molar-refractivity contribution in [2.24, 2.45) is 5.92 Å². The van der Waals surface area contributed by atoms with E-state index in [4.69, 9.17) is 14.2 Å². The van der Waals surface area contributed by atoms with Crippen molar-refractivity contribution < 1.29 is 33.0 Å². The van der Waals surface area contributed by atoms with Gasteiger partial charge in [-0.15, -0.1) is 0 Å². The minimum absolute atomic E-state index is 0.141. The number of hydrogen-bond donors (Lipinski definition) is 0. The van der Waals surface area contributed by atoms with Gasteiger partial charge >= 0.3 is 17.9 Å². The quantitative estimate of drug-likeness (QED) is 0.177. The summed E-state index contributed by atoms with van der Waals surface area (Å²) >= 11 is 0. The lowest BCUT2D eigenvalue weighted by Gasteiger charge is -2.13. The van der Waals surface area contributed by atoms with Crippen LogP contribution in [-0.4, -0.2) is 24.0 Å². The molecule has 7 heteroatoms. The molecule has 40 heavy (non-hydrogen) atoms. The zero-order valence-electron chi connectivity index (χ0n) is 23.0. The van der Waals surface area contributed by atoms with Crippen LogP contribution >= 0.6 is 0 Å². The fourth-order valence-electron chi connectivity index (χ4n) is 4.29. The maximum atomic E-state index is 15.5. The third kappa shape index (κ3) is 6.54. The third-order valence-electron chi connectivity index (χ3n) is 6.47. The molecule has 4 rings (SSSR count). The Hall–Kier alpha value is -4.52. The van der Waals surface area contributed by atoms with Gasteiger partial charge in [-0.2, -0.15) is 0 Å². The molecule has 3 aromatic rings. The van der Waals surface area contributed by atoms with Crippen molar-refractivity contribution in [1.82, 2.24) is 0 Å². The standard InChI is InChI=1S/C33H31FO6/c1-18(2)31(35)38-26-12-21-7-8-23(11-24(21)13-26)29-10-9-22(16-30(29)34)25-14-27(39-32(36)19(3)4)17-28(15-25)40-33(37)20(5)6/h7-11,14-17,20,26H,1,3,12-13H2,2,4-6H3. The molecule has 0 amide bonds. The van der Waals surface area contributed by atoms with Gasteiger partial charge in [0.05, 0.1) is 5.92 Å². The smallest absolute Gasteiger partial charge is 0.338 e. The Bertz CT molecular complexity index is 1530. The van der Waals surface area contributed by atoms with Crippen LogP contribution in [0.2, 0.25) is 0 Å². The summed E-state index contributed by atoms with van der Waals surface area (Å²) in [5.41, 5.74) is 4.73. The molecule has 0 spiro atoms. The Kier molecular flexibility index (Phi) is 8.33. The molecule has 0 heterocycles. The van der Waals surface area contributed by atoms with E-state index in [1.54, 1.807) is 45.0 Å². The summed E-state index contributed by atoms with van der Waals surface area (Å²) in [6, 6.07) is 15.1. The molecule has 0 saturated heterocycles. The van der Waals surface area contributed by atoms with Crippen molar-refractivity contribution in [3.05, 3.63) is 95.8 Å². The van der Waals surface area contributed by atoms with E-state index in [1.165, 1.54) is 19.1 Å². The predicted molar refractivity (Wildman–Crippen MR) is 150 cm³/mol. The second-order valence-electron chi connectivity index (χ2n) is 10.3. The summed E-state index contributed by atoms with van der Waals surface area (Å²) in [4.78, 5) is 36.2. The van der Waals surface area contributed by atoms with Crippen LogP contribution in [0.5, 0.6) is 11.5 Å². The van der Waals surface area contributed by atoms with Crippen LogP contribution in [0.4, 0.5) is 4.39 Å². The van der Waals surface area contributed by atoms with Crippen LogP contribution in [0.25, 0.3) is 22.3 Å². The minimum Gasteiger partial charge on any atom is -0.458 e. The Labute approximate surface area is 233 Å². The minimum atomic E-state index is -0.631. The largest absolute Gasteiger partial charge is 0.458 e. The number of carbonyl (C=O) groups is 3. The molecule has 0 saturated carbocycles. The lowest BCUT2D eigenvalue weighted by molar-refractivity contribution is -0.143. The Balaban J connectivity index is 1.62. The average molecular weight is 543 g/mol. The number of benzene rings is 3. The van der Waals surface area contributed by atoms with Gasteiger partial charge < -0.3 is 14.2 Å². The molecular weight excluding hydrogens is 511 g/mol. The molecule has 0 N–H and O–H groups in total. The summed E-state index contributed by atoms with van der Waals surface area (Å²) < 4.78 is 31.8. The normalized spacial score (nSPS) is 13.9. The monoisotopic (exact) mass is 542 g/mol. The fourth-order valence-corrected chi connectivity index (χ4v) is 4.29. The first-order valence-electron chi connectivity index (χ1n) is 12.9. The van der Waals surface area contributed by atoms with Crippen LogP contribution in [0.3, 0.4) is 0 Å². The second kappa shape index (κ2) is 11.7. The zero-order chi connectivity index (χ0) is 29.1. The Morgan fingerprint density at radius 2 is 1.40 bits per heavy atom. The summed E-state index contributed by atoms with van der Waals surface area (Å²) in [5.74, 6) is -2.02. The number of halogens is 1. The highest BCUT2D eigenvalue weighted by atomic mass is 19.1. The van der Waals surface area contributed by atoms with Crippen molar-refractivity contribution in [1.29, 1.82) is 0 Å². The van der Waals surface area contributed by atoms with Gasteiger partial charge in [0.1, 0.15) is 23.4 Å². The molecule has 1 unspecified atom stereocenters. The van der Waals surface area contributed by atoms with Gasteiger partial charge in [0.15, 0.2) is 0 Å². The van der Waals surface area contributed by atoms with Gasteiger partial charge in [0.25, 0.3) is 0 Å². The molecule has 0 fully saturated rings. The SMILES string of the molecule is C=C(C)C(=O)Oc1cc(OC(=O)C(C)C)cc(-c2ccc(-c3ccc4c(c3)CC(OC(=O)C(=C)C)C4)c(F)c2)c1. The molecule has 1 aliphatic carbocycles. The number of esters is 3. The van der Waals surface area contributed by atoms with Crippen molar-refractivity contribution in [3.8, 4) is 33.8 Å². The molecule has 0 aliphatic heterocycles. The van der Waals surface area contributed by atoms with E-state index in [0.29, 0.717) is 40.7 Å². The topological polar surface area (TPSA) is 78.9 Å². The van der Waals surface area contributed by atoms with E-state index in [0.717, 1.165) is 11.1 Å². The maximum absolute atomic E-state index is 15.5. The van der Waals surface area contributed by atoms with Gasteiger partial charge in [0.2, 0.25) is 0 Å². The van der Waals surface area contributed by atoms with Gasteiger partial charge in [-0.05, 0) is 59.9 Å². The van der Waals surface area contributed by atoms with Crippen LogP contribution in [0, 0.1) is 11.7 Å². The zero-order valence-corrected chi connectivity index (χ0v) is 23.0. The lowest BCUT2D eigenvalue weighted by Crippen LogP contribution is -2.18.